The van der Waals surface area contributed by atoms with E-state index < -0.39 is 0 Å². The van der Waals surface area contributed by atoms with Crippen LogP contribution in [0.5, 0.6) is 0 Å². The summed E-state index contributed by atoms with van der Waals surface area (Å²) in [5, 5.41) is 14.4. The van der Waals surface area contributed by atoms with Crippen LogP contribution in [0.15, 0.2) is 35.4 Å². The minimum Gasteiger partial charge on any atom is -0.853 e. The van der Waals surface area contributed by atoms with E-state index in [1.54, 1.807) is 4.68 Å². The summed E-state index contributed by atoms with van der Waals surface area (Å²) >= 11 is 0. The van der Waals surface area contributed by atoms with Crippen LogP contribution in [-0.2, 0) is 6.42 Å². The summed E-state index contributed by atoms with van der Waals surface area (Å²) in [6.07, 6.45) is 0.859. The van der Waals surface area contributed by atoms with Gasteiger partial charge in [0.05, 0.1) is 6.42 Å². The molecule has 0 atom stereocenters. The Hall–Kier alpha value is -1.64. The molecule has 3 nitrogen and oxygen atoms in total. The first-order valence-electron chi connectivity index (χ1n) is 4.64. The van der Waals surface area contributed by atoms with Crippen LogP contribution in [0.1, 0.15) is 12.5 Å². The van der Waals surface area contributed by atoms with E-state index in [0.717, 1.165) is 12.1 Å². The second-order valence-corrected chi connectivity index (χ2v) is 3.45. The van der Waals surface area contributed by atoms with E-state index in [9.17, 15) is 5.11 Å². The third-order valence-electron chi connectivity index (χ3n) is 2.26. The Balaban J connectivity index is 2.10. The lowest BCUT2D eigenvalue weighted by atomic mass is 10.1. The predicted octanol–water partition coefficient (Wildman–Crippen LogP) is 0.390. The minimum atomic E-state index is -0.0302. The van der Waals surface area contributed by atoms with Gasteiger partial charge < -0.3 is 5.11 Å². The highest BCUT2D eigenvalue weighted by molar-refractivity contribution is 5.83. The molecule has 0 spiro atoms. The standard InChI is InChI=1S/C11H12N2O/c1-9(13-8-11(14)12-13)7-10-5-3-2-4-6-10/h2-6H,7-8H2,1H3/b13-9+. The number of hydrogen-bond donors (Lipinski definition) is 0. The highest BCUT2D eigenvalue weighted by atomic mass is 16.3. The van der Waals surface area contributed by atoms with Crippen LogP contribution in [0.25, 0.3) is 0 Å². The zero-order chi connectivity index (χ0) is 9.97. The summed E-state index contributed by atoms with van der Waals surface area (Å²) in [4.78, 5) is 0. The van der Waals surface area contributed by atoms with E-state index >= 15 is 0 Å². The Morgan fingerprint density at radius 1 is 1.43 bits per heavy atom. The fourth-order valence-corrected chi connectivity index (χ4v) is 1.45. The molecule has 1 aliphatic rings. The van der Waals surface area contributed by atoms with Crippen molar-refractivity contribution in [2.75, 3.05) is 6.54 Å². The van der Waals surface area contributed by atoms with Crippen molar-refractivity contribution < 1.29 is 9.79 Å². The molecule has 0 fully saturated rings. The SMILES string of the molecule is C/C(Cc1ccccc1)=[N+]1/CC([O-])=N1. The summed E-state index contributed by atoms with van der Waals surface area (Å²) in [7, 11) is 0. The van der Waals surface area contributed by atoms with Crippen molar-refractivity contribution in [3.05, 3.63) is 35.9 Å². The second-order valence-electron chi connectivity index (χ2n) is 3.45. The molecule has 0 saturated carbocycles. The highest BCUT2D eigenvalue weighted by Crippen LogP contribution is 2.03. The monoisotopic (exact) mass is 188 g/mol. The highest BCUT2D eigenvalue weighted by Gasteiger charge is 2.18. The topological polar surface area (TPSA) is 38.4 Å². The van der Waals surface area contributed by atoms with Crippen LogP contribution in [0, 0.1) is 0 Å². The van der Waals surface area contributed by atoms with Crippen molar-refractivity contribution in [2.45, 2.75) is 13.3 Å². The molecule has 3 heteroatoms. The van der Waals surface area contributed by atoms with Gasteiger partial charge in [-0.3, -0.25) is 0 Å². The van der Waals surface area contributed by atoms with Gasteiger partial charge in [-0.15, -0.1) is 0 Å². The molecular weight excluding hydrogens is 176 g/mol. The molecule has 1 aliphatic heterocycles. The maximum Gasteiger partial charge on any atom is 0.208 e. The minimum absolute atomic E-state index is 0.0302. The van der Waals surface area contributed by atoms with E-state index in [4.69, 9.17) is 0 Å². The third-order valence-corrected chi connectivity index (χ3v) is 2.26. The van der Waals surface area contributed by atoms with Gasteiger partial charge in [0.25, 0.3) is 0 Å². The van der Waals surface area contributed by atoms with Crippen LogP contribution in [0.4, 0.5) is 0 Å². The molecule has 0 N–H and O–H groups in total. The molecule has 1 aromatic carbocycles. The van der Waals surface area contributed by atoms with Crippen LogP contribution < -0.4 is 5.11 Å². The lowest BCUT2D eigenvalue weighted by Gasteiger charge is -2.14. The Kier molecular flexibility index (Phi) is 2.31. The maximum atomic E-state index is 10.6. The molecule has 0 amide bonds. The lowest BCUT2D eigenvalue weighted by molar-refractivity contribution is -0.564. The fraction of sp³-hybridized carbons (Fsp3) is 0.273. The van der Waals surface area contributed by atoms with Gasteiger partial charge in [-0.05, 0) is 10.7 Å². The number of benzene rings is 1. The van der Waals surface area contributed by atoms with E-state index in [-0.39, 0.29) is 5.90 Å². The van der Waals surface area contributed by atoms with E-state index in [1.165, 1.54) is 5.56 Å². The first-order chi connectivity index (χ1) is 6.75. The summed E-state index contributed by atoms with van der Waals surface area (Å²) in [6, 6.07) is 10.2. The van der Waals surface area contributed by atoms with Crippen LogP contribution >= 0.6 is 0 Å². The maximum absolute atomic E-state index is 10.6. The molecule has 2 rings (SSSR count). The number of hydrazone groups is 1. The summed E-state index contributed by atoms with van der Waals surface area (Å²) in [5.41, 5.74) is 2.37. The van der Waals surface area contributed by atoms with Gasteiger partial charge in [-0.1, -0.05) is 35.0 Å². The number of hydrogen-bond acceptors (Lipinski definition) is 2. The fourth-order valence-electron chi connectivity index (χ4n) is 1.45. The molecule has 0 unspecified atom stereocenters. The van der Waals surface area contributed by atoms with E-state index in [0.29, 0.717) is 6.54 Å². The van der Waals surface area contributed by atoms with E-state index in [1.807, 2.05) is 25.1 Å². The van der Waals surface area contributed by atoms with Crippen molar-refractivity contribution in [2.24, 2.45) is 5.10 Å². The Morgan fingerprint density at radius 2 is 2.07 bits per heavy atom. The summed E-state index contributed by atoms with van der Waals surface area (Å²) in [5.74, 6) is -0.0302. The van der Waals surface area contributed by atoms with Gasteiger partial charge in [0.1, 0.15) is 5.90 Å². The molecule has 0 bridgehead atoms. The molecule has 72 valence electrons. The zero-order valence-electron chi connectivity index (χ0n) is 8.10. The van der Waals surface area contributed by atoms with Crippen molar-refractivity contribution >= 4 is 11.6 Å². The van der Waals surface area contributed by atoms with Gasteiger partial charge in [-0.25, -0.2) is 0 Å². The van der Waals surface area contributed by atoms with E-state index in [2.05, 4.69) is 17.2 Å². The molecule has 1 aromatic rings. The Morgan fingerprint density at radius 3 is 2.64 bits per heavy atom. The molecule has 0 aliphatic carbocycles. The largest absolute Gasteiger partial charge is 0.853 e. The molecule has 14 heavy (non-hydrogen) atoms. The van der Waals surface area contributed by atoms with Crippen molar-refractivity contribution in [1.29, 1.82) is 0 Å². The van der Waals surface area contributed by atoms with Crippen LogP contribution in [-0.4, -0.2) is 22.8 Å². The summed E-state index contributed by atoms with van der Waals surface area (Å²) < 4.78 is 1.76. The Bertz CT molecular complexity index is 393. The average molecular weight is 188 g/mol. The molecule has 0 saturated heterocycles. The van der Waals surface area contributed by atoms with Crippen LogP contribution in [0.2, 0.25) is 0 Å². The third kappa shape index (κ3) is 1.82. The van der Waals surface area contributed by atoms with Gasteiger partial charge in [0.2, 0.25) is 6.54 Å². The number of rotatable bonds is 2. The molecule has 1 heterocycles. The lowest BCUT2D eigenvalue weighted by Crippen LogP contribution is -2.40. The van der Waals surface area contributed by atoms with Gasteiger partial charge in [0.15, 0.2) is 5.71 Å². The van der Waals surface area contributed by atoms with Crippen LogP contribution in [0.3, 0.4) is 0 Å². The number of nitrogens with zero attached hydrogens (tertiary/aromatic N) is 2. The quantitative estimate of drug-likeness (QED) is 0.619. The van der Waals surface area contributed by atoms with Gasteiger partial charge in [0, 0.05) is 6.92 Å². The normalized spacial score (nSPS) is 18.5. The average Bonchev–Trinajstić information content (AvgIpc) is 2.14. The molecule has 0 aromatic heterocycles. The Labute approximate surface area is 83.0 Å². The predicted molar refractivity (Wildman–Crippen MR) is 53.4 cm³/mol. The van der Waals surface area contributed by atoms with Crippen molar-refractivity contribution in [1.82, 2.24) is 0 Å². The second kappa shape index (κ2) is 3.62. The van der Waals surface area contributed by atoms with Crippen molar-refractivity contribution in [3.8, 4) is 0 Å². The molecular formula is C11H12N2O. The molecule has 0 radical (unpaired) electrons. The first-order valence-corrected chi connectivity index (χ1v) is 4.64. The zero-order valence-corrected chi connectivity index (χ0v) is 8.10. The summed E-state index contributed by atoms with van der Waals surface area (Å²) in [6.45, 7) is 2.45. The first kappa shape index (κ1) is 8.94. The van der Waals surface area contributed by atoms with Gasteiger partial charge >= 0.3 is 0 Å². The van der Waals surface area contributed by atoms with Crippen molar-refractivity contribution in [3.63, 3.8) is 0 Å². The van der Waals surface area contributed by atoms with Gasteiger partial charge in [-0.2, -0.15) is 0 Å². The smallest absolute Gasteiger partial charge is 0.208 e.